The van der Waals surface area contributed by atoms with Crippen LogP contribution in [0.3, 0.4) is 0 Å². The third-order valence-corrected chi connectivity index (χ3v) is 7.89. The number of nitrogens with one attached hydrogen (secondary N) is 1. The number of rotatable bonds is 5. The number of halogens is 2. The Morgan fingerprint density at radius 2 is 1.67 bits per heavy atom. The number of carbonyl (C=O) groups is 1. The first-order chi connectivity index (χ1) is 16.0. The van der Waals surface area contributed by atoms with E-state index in [-0.39, 0.29) is 5.78 Å². The molecular weight excluding hydrogens is 451 g/mol. The maximum Gasteiger partial charge on any atom is 0.182 e. The van der Waals surface area contributed by atoms with Crippen molar-refractivity contribution in [2.45, 2.75) is 62.8 Å². The number of hydrogen-bond acceptors (Lipinski definition) is 3. The lowest BCUT2D eigenvalue weighted by Gasteiger charge is -2.41. The Hall–Kier alpha value is -1.83. The molecule has 2 aliphatic rings. The summed E-state index contributed by atoms with van der Waals surface area (Å²) in [5.41, 5.74) is 4.90. The average molecular weight is 483 g/mol. The first-order valence-corrected chi connectivity index (χ1v) is 12.8. The van der Waals surface area contributed by atoms with Crippen LogP contribution in [0.15, 0.2) is 48.5 Å². The van der Waals surface area contributed by atoms with Gasteiger partial charge in [-0.2, -0.15) is 0 Å². The van der Waals surface area contributed by atoms with Gasteiger partial charge < -0.3 is 0 Å². The molecule has 0 bridgehead atoms. The maximum atomic E-state index is 14.0. The molecule has 1 saturated carbocycles. The Kier molecular flexibility index (Phi) is 8.15. The van der Waals surface area contributed by atoms with E-state index in [0.717, 1.165) is 18.4 Å². The standard InChI is InChI=1S/C28H32Cl2N2O/c1-2-18-32-20-28(23-12-9-13-25(30)19-23,22-10-7-5-3-4-6-8-11-22)27(31-32)26(33)21-14-16-24(29)17-15-21/h1,9,12-17,19,22,27,31H,3-8,10-11,18,20H2. The molecular formula is C28H32Cl2N2O. The number of ketones is 1. The van der Waals surface area contributed by atoms with Gasteiger partial charge >= 0.3 is 0 Å². The van der Waals surface area contributed by atoms with Crippen molar-refractivity contribution in [3.05, 3.63) is 69.7 Å². The van der Waals surface area contributed by atoms with Gasteiger partial charge in [-0.25, -0.2) is 10.4 Å². The third-order valence-electron chi connectivity index (χ3n) is 7.40. The van der Waals surface area contributed by atoms with Gasteiger partial charge in [0.15, 0.2) is 5.78 Å². The summed E-state index contributed by atoms with van der Waals surface area (Å²) in [6.07, 6.45) is 15.4. The lowest BCUT2D eigenvalue weighted by Crippen LogP contribution is -2.52. The second-order valence-electron chi connectivity index (χ2n) is 9.44. The van der Waals surface area contributed by atoms with E-state index >= 15 is 0 Å². The van der Waals surface area contributed by atoms with Crippen LogP contribution in [0.2, 0.25) is 10.0 Å². The average Bonchev–Trinajstić information content (AvgIpc) is 3.25. The quantitative estimate of drug-likeness (QED) is 0.380. The molecule has 174 valence electrons. The van der Waals surface area contributed by atoms with E-state index in [4.69, 9.17) is 29.6 Å². The number of nitrogens with zero attached hydrogens (tertiary/aromatic N) is 1. The van der Waals surface area contributed by atoms with Gasteiger partial charge in [-0.1, -0.05) is 79.8 Å². The fraction of sp³-hybridized carbons (Fsp3) is 0.464. The van der Waals surface area contributed by atoms with Gasteiger partial charge in [0, 0.05) is 27.6 Å². The highest BCUT2D eigenvalue weighted by Crippen LogP contribution is 2.47. The lowest BCUT2D eigenvalue weighted by molar-refractivity contribution is 0.0869. The Morgan fingerprint density at radius 1 is 1.00 bits per heavy atom. The summed E-state index contributed by atoms with van der Waals surface area (Å²) in [6.45, 7) is 1.13. The largest absolute Gasteiger partial charge is 0.292 e. The van der Waals surface area contributed by atoms with Crippen molar-refractivity contribution in [1.82, 2.24) is 10.4 Å². The molecule has 0 spiro atoms. The summed E-state index contributed by atoms with van der Waals surface area (Å²) in [7, 11) is 0. The predicted molar refractivity (Wildman–Crippen MR) is 137 cm³/mol. The number of terminal acetylenes is 1. The topological polar surface area (TPSA) is 32.3 Å². The van der Waals surface area contributed by atoms with E-state index < -0.39 is 11.5 Å². The van der Waals surface area contributed by atoms with Crippen LogP contribution in [-0.4, -0.2) is 29.9 Å². The molecule has 0 amide bonds. The fourth-order valence-corrected chi connectivity index (χ4v) is 6.14. The molecule has 2 atom stereocenters. The Morgan fingerprint density at radius 3 is 2.30 bits per heavy atom. The molecule has 1 heterocycles. The van der Waals surface area contributed by atoms with E-state index in [1.54, 1.807) is 12.1 Å². The Bertz CT molecular complexity index is 990. The SMILES string of the molecule is C#CCN1CC(c2cccc(Cl)c2)(C2CCCCCCCC2)C(C(=O)c2ccc(Cl)cc2)N1. The zero-order valence-corrected chi connectivity index (χ0v) is 20.5. The van der Waals surface area contributed by atoms with Crippen molar-refractivity contribution in [1.29, 1.82) is 0 Å². The number of carbonyl (C=O) groups excluding carboxylic acids is 1. The highest BCUT2D eigenvalue weighted by Gasteiger charge is 2.55. The van der Waals surface area contributed by atoms with E-state index in [1.807, 2.05) is 29.3 Å². The van der Waals surface area contributed by atoms with Crippen LogP contribution in [0.5, 0.6) is 0 Å². The van der Waals surface area contributed by atoms with E-state index in [2.05, 4.69) is 23.5 Å². The van der Waals surface area contributed by atoms with Gasteiger partial charge in [0.2, 0.25) is 0 Å². The van der Waals surface area contributed by atoms with Crippen molar-refractivity contribution in [2.24, 2.45) is 5.92 Å². The first kappa shape index (κ1) is 24.3. The number of hydrogen-bond donors (Lipinski definition) is 1. The van der Waals surface area contributed by atoms with Crippen LogP contribution in [-0.2, 0) is 5.41 Å². The summed E-state index contributed by atoms with van der Waals surface area (Å²) in [5, 5.41) is 3.37. The normalized spacial score (nSPS) is 25.1. The smallest absolute Gasteiger partial charge is 0.182 e. The van der Waals surface area contributed by atoms with Crippen molar-refractivity contribution >= 4 is 29.0 Å². The zero-order valence-electron chi connectivity index (χ0n) is 19.0. The minimum atomic E-state index is -0.420. The minimum absolute atomic E-state index is 0.0750. The summed E-state index contributed by atoms with van der Waals surface area (Å²) in [4.78, 5) is 14.0. The number of benzene rings is 2. The van der Waals surface area contributed by atoms with Crippen LogP contribution in [0, 0.1) is 18.3 Å². The monoisotopic (exact) mass is 482 g/mol. The molecule has 1 aliphatic heterocycles. The maximum absolute atomic E-state index is 14.0. The van der Waals surface area contributed by atoms with Gasteiger partial charge in [-0.15, -0.1) is 6.42 Å². The lowest BCUT2D eigenvalue weighted by atomic mass is 9.62. The third kappa shape index (κ3) is 5.31. The Labute approximate surface area is 207 Å². The second kappa shape index (κ2) is 11.1. The molecule has 2 aromatic carbocycles. The van der Waals surface area contributed by atoms with Gasteiger partial charge in [-0.05, 0) is 60.7 Å². The van der Waals surface area contributed by atoms with Crippen molar-refractivity contribution in [3.63, 3.8) is 0 Å². The van der Waals surface area contributed by atoms with Crippen LogP contribution < -0.4 is 5.43 Å². The number of Topliss-reactive ketones (excluding diaryl/α,β-unsaturated/α-hetero) is 1. The molecule has 0 aromatic heterocycles. The van der Waals surface area contributed by atoms with Gasteiger partial charge in [0.25, 0.3) is 0 Å². The van der Waals surface area contributed by atoms with E-state index in [9.17, 15) is 4.79 Å². The minimum Gasteiger partial charge on any atom is -0.292 e. The summed E-state index contributed by atoms with van der Waals surface area (Å²) < 4.78 is 0. The fourth-order valence-electron chi connectivity index (χ4n) is 5.82. The molecule has 2 fully saturated rings. The molecule has 5 heteroatoms. The van der Waals surface area contributed by atoms with E-state index in [1.165, 1.54) is 38.5 Å². The molecule has 2 unspecified atom stereocenters. The second-order valence-corrected chi connectivity index (χ2v) is 10.3. The van der Waals surface area contributed by atoms with Gasteiger partial charge in [0.05, 0.1) is 12.6 Å². The molecule has 1 N–H and O–H groups in total. The van der Waals surface area contributed by atoms with E-state index in [0.29, 0.717) is 34.6 Å². The molecule has 4 rings (SSSR count). The van der Waals surface area contributed by atoms with Crippen LogP contribution >= 0.6 is 23.2 Å². The highest BCUT2D eigenvalue weighted by molar-refractivity contribution is 6.31. The highest BCUT2D eigenvalue weighted by atomic mass is 35.5. The zero-order chi connectivity index (χ0) is 23.3. The summed E-state index contributed by atoms with van der Waals surface area (Å²) >= 11 is 12.6. The molecule has 1 saturated heterocycles. The van der Waals surface area contributed by atoms with Crippen LogP contribution in [0.1, 0.15) is 67.3 Å². The molecule has 33 heavy (non-hydrogen) atoms. The molecule has 0 radical (unpaired) electrons. The number of hydrazine groups is 1. The van der Waals surface area contributed by atoms with Crippen LogP contribution in [0.25, 0.3) is 0 Å². The molecule has 2 aromatic rings. The van der Waals surface area contributed by atoms with Gasteiger partial charge in [-0.3, -0.25) is 4.79 Å². The van der Waals surface area contributed by atoms with Crippen molar-refractivity contribution < 1.29 is 4.79 Å². The molecule has 1 aliphatic carbocycles. The predicted octanol–water partition coefficient (Wildman–Crippen LogP) is 6.69. The van der Waals surface area contributed by atoms with Crippen molar-refractivity contribution in [2.75, 3.05) is 13.1 Å². The summed E-state index contributed by atoms with van der Waals surface area (Å²) in [5.74, 6) is 3.19. The summed E-state index contributed by atoms with van der Waals surface area (Å²) in [6, 6.07) is 14.9. The van der Waals surface area contributed by atoms with Crippen molar-refractivity contribution in [3.8, 4) is 12.3 Å². The van der Waals surface area contributed by atoms with Gasteiger partial charge in [0.1, 0.15) is 0 Å². The Balaban J connectivity index is 1.83. The van der Waals surface area contributed by atoms with Crippen LogP contribution in [0.4, 0.5) is 0 Å². The molecule has 3 nitrogen and oxygen atoms in total. The first-order valence-electron chi connectivity index (χ1n) is 12.0.